The second-order valence-electron chi connectivity index (χ2n) is 6.58. The van der Waals surface area contributed by atoms with E-state index < -0.39 is 0 Å². The van der Waals surface area contributed by atoms with Crippen LogP contribution in [0.3, 0.4) is 0 Å². The second kappa shape index (κ2) is 7.82. The third kappa shape index (κ3) is 3.52. The fraction of sp³-hybridized carbons (Fsp3) is 0.350. The zero-order chi connectivity index (χ0) is 17.9. The molecule has 1 atom stereocenters. The van der Waals surface area contributed by atoms with E-state index in [1.807, 2.05) is 36.4 Å². The summed E-state index contributed by atoms with van der Waals surface area (Å²) in [5, 5.41) is 4.54. The molecule has 1 aliphatic rings. The first kappa shape index (κ1) is 17.6. The molecular weight excluding hydrogens is 368 g/mol. The first-order chi connectivity index (χ1) is 12.7. The molecule has 1 amide bonds. The fourth-order valence-electron chi connectivity index (χ4n) is 3.55. The van der Waals surface area contributed by atoms with Crippen molar-refractivity contribution in [2.75, 3.05) is 19.6 Å². The zero-order valence-corrected chi connectivity index (χ0v) is 16.0. The summed E-state index contributed by atoms with van der Waals surface area (Å²) in [6.07, 6.45) is 5.34. The van der Waals surface area contributed by atoms with E-state index >= 15 is 0 Å². The van der Waals surface area contributed by atoms with Crippen LogP contribution in [0, 0.1) is 0 Å². The molecule has 136 valence electrons. The van der Waals surface area contributed by atoms with Gasteiger partial charge in [0.05, 0.1) is 17.3 Å². The molecule has 0 bridgehead atoms. The van der Waals surface area contributed by atoms with Crippen LogP contribution < -0.4 is 5.32 Å². The van der Waals surface area contributed by atoms with Crippen molar-refractivity contribution < 1.29 is 9.21 Å². The van der Waals surface area contributed by atoms with Gasteiger partial charge in [0.15, 0.2) is 0 Å². The van der Waals surface area contributed by atoms with Gasteiger partial charge >= 0.3 is 0 Å². The minimum Gasteiger partial charge on any atom is -0.468 e. The molecule has 1 aromatic carbocycles. The molecule has 0 saturated carbocycles. The zero-order valence-electron chi connectivity index (χ0n) is 14.4. The second-order valence-corrected chi connectivity index (χ2v) is 8.01. The lowest BCUT2D eigenvalue weighted by atomic mass is 10.1. The number of furan rings is 1. The van der Waals surface area contributed by atoms with Crippen molar-refractivity contribution in [3.05, 3.63) is 58.3 Å². The highest BCUT2D eigenvalue weighted by molar-refractivity contribution is 7.21. The lowest BCUT2D eigenvalue weighted by molar-refractivity contribution is 0.0918. The molecule has 2 aromatic heterocycles. The van der Waals surface area contributed by atoms with E-state index in [4.69, 9.17) is 16.0 Å². The van der Waals surface area contributed by atoms with Gasteiger partial charge in [0, 0.05) is 16.6 Å². The number of hydrogen-bond donors (Lipinski definition) is 1. The number of halogens is 1. The van der Waals surface area contributed by atoms with E-state index in [0.717, 1.165) is 28.9 Å². The van der Waals surface area contributed by atoms with Crippen LogP contribution in [-0.2, 0) is 0 Å². The molecule has 3 aromatic rings. The Labute approximate surface area is 161 Å². The monoisotopic (exact) mass is 388 g/mol. The molecule has 3 heterocycles. The largest absolute Gasteiger partial charge is 0.468 e. The number of nitrogens with one attached hydrogen (secondary N) is 1. The number of carbonyl (C=O) groups excluding carboxylic acids is 1. The predicted molar refractivity (Wildman–Crippen MR) is 106 cm³/mol. The summed E-state index contributed by atoms with van der Waals surface area (Å²) in [6.45, 7) is 2.58. The third-order valence-electron chi connectivity index (χ3n) is 4.90. The number of benzene rings is 1. The summed E-state index contributed by atoms with van der Waals surface area (Å²) in [5.74, 6) is 0.777. The number of rotatable bonds is 5. The highest BCUT2D eigenvalue weighted by Crippen LogP contribution is 2.35. The molecule has 4 rings (SSSR count). The van der Waals surface area contributed by atoms with Gasteiger partial charge < -0.3 is 9.73 Å². The number of piperidine rings is 1. The van der Waals surface area contributed by atoms with Crippen molar-refractivity contribution in [3.8, 4) is 0 Å². The van der Waals surface area contributed by atoms with Crippen molar-refractivity contribution in [2.45, 2.75) is 25.3 Å². The summed E-state index contributed by atoms with van der Waals surface area (Å²) in [5.41, 5.74) is 0. The van der Waals surface area contributed by atoms with E-state index in [1.54, 1.807) is 6.26 Å². The van der Waals surface area contributed by atoms with Gasteiger partial charge in [-0.1, -0.05) is 36.2 Å². The minimum atomic E-state index is -0.121. The number of fused-ring (bicyclic) bond motifs is 1. The van der Waals surface area contributed by atoms with Gasteiger partial charge in [0.1, 0.15) is 10.6 Å². The third-order valence-corrected chi connectivity index (χ3v) is 6.57. The van der Waals surface area contributed by atoms with Gasteiger partial charge in [-0.25, -0.2) is 0 Å². The first-order valence-electron chi connectivity index (χ1n) is 8.97. The molecule has 0 spiro atoms. The van der Waals surface area contributed by atoms with E-state index in [0.29, 0.717) is 16.4 Å². The van der Waals surface area contributed by atoms with Gasteiger partial charge in [-0.3, -0.25) is 9.69 Å². The van der Waals surface area contributed by atoms with E-state index in [2.05, 4.69) is 10.2 Å². The van der Waals surface area contributed by atoms with E-state index in [1.165, 1.54) is 30.6 Å². The molecule has 1 aliphatic heterocycles. The Morgan fingerprint density at radius 1 is 1.19 bits per heavy atom. The average molecular weight is 389 g/mol. The van der Waals surface area contributed by atoms with Crippen LogP contribution in [0.15, 0.2) is 47.1 Å². The number of nitrogens with zero attached hydrogens (tertiary/aromatic N) is 1. The molecule has 1 fully saturated rings. The smallest absolute Gasteiger partial charge is 0.263 e. The van der Waals surface area contributed by atoms with Gasteiger partial charge in [-0.2, -0.15) is 0 Å². The lowest BCUT2D eigenvalue weighted by Crippen LogP contribution is -2.40. The van der Waals surface area contributed by atoms with Crippen molar-refractivity contribution in [3.63, 3.8) is 0 Å². The van der Waals surface area contributed by atoms with Crippen LogP contribution in [0.1, 0.15) is 40.7 Å². The predicted octanol–water partition coefficient (Wildman–Crippen LogP) is 5.10. The Morgan fingerprint density at radius 2 is 2.00 bits per heavy atom. The average Bonchev–Trinajstić information content (AvgIpc) is 3.32. The van der Waals surface area contributed by atoms with Crippen molar-refractivity contribution >= 4 is 38.9 Å². The topological polar surface area (TPSA) is 45.5 Å². The first-order valence-corrected chi connectivity index (χ1v) is 10.2. The summed E-state index contributed by atoms with van der Waals surface area (Å²) in [4.78, 5) is 15.7. The molecule has 0 aliphatic carbocycles. The number of carbonyl (C=O) groups is 1. The summed E-state index contributed by atoms with van der Waals surface area (Å²) in [7, 11) is 0. The maximum atomic E-state index is 12.8. The molecule has 6 heteroatoms. The fourth-order valence-corrected chi connectivity index (χ4v) is 4.98. The van der Waals surface area contributed by atoms with Gasteiger partial charge in [-0.15, -0.1) is 11.3 Å². The van der Waals surface area contributed by atoms with Crippen molar-refractivity contribution in [1.82, 2.24) is 10.2 Å². The van der Waals surface area contributed by atoms with Crippen LogP contribution in [0.25, 0.3) is 10.1 Å². The van der Waals surface area contributed by atoms with Crippen LogP contribution in [0.2, 0.25) is 5.02 Å². The van der Waals surface area contributed by atoms with Crippen LogP contribution in [0.4, 0.5) is 0 Å². The Morgan fingerprint density at radius 3 is 2.73 bits per heavy atom. The number of thiophene rings is 1. The highest BCUT2D eigenvalue weighted by Gasteiger charge is 2.26. The minimum absolute atomic E-state index is 0.0578. The molecule has 1 N–H and O–H groups in total. The molecule has 1 saturated heterocycles. The molecular formula is C20H21ClN2O2S. The van der Waals surface area contributed by atoms with Crippen molar-refractivity contribution in [2.24, 2.45) is 0 Å². The van der Waals surface area contributed by atoms with E-state index in [9.17, 15) is 4.79 Å². The Bertz CT molecular complexity index is 884. The number of amides is 1. The maximum absolute atomic E-state index is 12.8. The summed E-state index contributed by atoms with van der Waals surface area (Å²) >= 11 is 7.87. The lowest BCUT2D eigenvalue weighted by Gasteiger charge is -2.33. The van der Waals surface area contributed by atoms with Gasteiger partial charge in [0.2, 0.25) is 0 Å². The standard InChI is InChI=1S/C20H21ClN2O2S/c21-18-14-7-2-3-9-17(14)26-19(18)20(24)22-13-15(16-8-6-12-25-16)23-10-4-1-5-11-23/h2-3,6-9,12,15H,1,4-5,10-11,13H2,(H,22,24)/t15-/m1/s1. The Kier molecular flexibility index (Phi) is 5.29. The van der Waals surface area contributed by atoms with Crippen LogP contribution in [-0.4, -0.2) is 30.4 Å². The number of hydrogen-bond acceptors (Lipinski definition) is 4. The molecule has 4 nitrogen and oxygen atoms in total. The Balaban J connectivity index is 1.51. The SMILES string of the molecule is O=C(NC[C@H](c1ccco1)N1CCCCC1)c1sc2ccccc2c1Cl. The Hall–Kier alpha value is -1.82. The van der Waals surface area contributed by atoms with Crippen LogP contribution >= 0.6 is 22.9 Å². The van der Waals surface area contributed by atoms with Crippen molar-refractivity contribution in [1.29, 1.82) is 0 Å². The van der Waals surface area contributed by atoms with Gasteiger partial charge in [0.25, 0.3) is 5.91 Å². The van der Waals surface area contributed by atoms with Crippen LogP contribution in [0.5, 0.6) is 0 Å². The normalized spacial score (nSPS) is 16.7. The summed E-state index contributed by atoms with van der Waals surface area (Å²) in [6, 6.07) is 11.8. The maximum Gasteiger partial charge on any atom is 0.263 e. The molecule has 0 unspecified atom stereocenters. The van der Waals surface area contributed by atoms with E-state index in [-0.39, 0.29) is 11.9 Å². The van der Waals surface area contributed by atoms with Gasteiger partial charge in [-0.05, 0) is 44.1 Å². The molecule has 0 radical (unpaired) electrons. The number of likely N-dealkylation sites (tertiary alicyclic amines) is 1. The summed E-state index contributed by atoms with van der Waals surface area (Å²) < 4.78 is 6.67. The highest BCUT2D eigenvalue weighted by atomic mass is 35.5. The quantitative estimate of drug-likeness (QED) is 0.661. The molecule has 26 heavy (non-hydrogen) atoms.